The van der Waals surface area contributed by atoms with Crippen molar-refractivity contribution in [1.82, 2.24) is 10.2 Å². The molecule has 1 saturated heterocycles. The predicted molar refractivity (Wildman–Crippen MR) is 80.7 cm³/mol. The van der Waals surface area contributed by atoms with Crippen molar-refractivity contribution in [3.8, 4) is 0 Å². The zero-order valence-corrected chi connectivity index (χ0v) is 12.4. The molecule has 1 N–H and O–H groups in total. The van der Waals surface area contributed by atoms with Crippen LogP contribution in [0.2, 0.25) is 0 Å². The number of rotatable bonds is 3. The van der Waals surface area contributed by atoms with Crippen molar-refractivity contribution in [1.29, 1.82) is 0 Å². The van der Waals surface area contributed by atoms with Crippen LogP contribution >= 0.6 is 0 Å². The predicted octanol–water partition coefficient (Wildman–Crippen LogP) is 2.17. The SMILES string of the molecule is CN(C)C(=O)C1CC(CC2Cc3ccccc32)CCN1. The lowest BCUT2D eigenvalue weighted by Gasteiger charge is -2.37. The molecular formula is C17H24N2O. The van der Waals surface area contributed by atoms with Crippen LogP contribution in [0.15, 0.2) is 24.3 Å². The Bertz CT molecular complexity index is 498. The third-order valence-corrected chi connectivity index (χ3v) is 4.83. The molecule has 1 amide bonds. The first-order chi connectivity index (χ1) is 9.65. The summed E-state index contributed by atoms with van der Waals surface area (Å²) in [5.74, 6) is 1.64. The smallest absolute Gasteiger partial charge is 0.239 e. The van der Waals surface area contributed by atoms with E-state index in [1.54, 1.807) is 10.5 Å². The minimum absolute atomic E-state index is 0.0269. The van der Waals surface area contributed by atoms with Gasteiger partial charge in [-0.1, -0.05) is 24.3 Å². The summed E-state index contributed by atoms with van der Waals surface area (Å²) in [6, 6.07) is 8.82. The Balaban J connectivity index is 1.58. The molecule has 108 valence electrons. The molecule has 2 aliphatic rings. The minimum Gasteiger partial charge on any atom is -0.347 e. The molecule has 1 fully saturated rings. The fourth-order valence-corrected chi connectivity index (χ4v) is 3.69. The highest BCUT2D eigenvalue weighted by Crippen LogP contribution is 2.41. The maximum atomic E-state index is 12.1. The third-order valence-electron chi connectivity index (χ3n) is 4.83. The molecule has 20 heavy (non-hydrogen) atoms. The Morgan fingerprint density at radius 1 is 1.35 bits per heavy atom. The summed E-state index contributed by atoms with van der Waals surface area (Å²) in [6.45, 7) is 0.975. The van der Waals surface area contributed by atoms with E-state index in [9.17, 15) is 4.79 Å². The molecule has 1 aromatic rings. The largest absolute Gasteiger partial charge is 0.347 e. The van der Waals surface area contributed by atoms with Gasteiger partial charge in [0.05, 0.1) is 6.04 Å². The van der Waals surface area contributed by atoms with Crippen LogP contribution in [0, 0.1) is 5.92 Å². The van der Waals surface area contributed by atoms with E-state index in [1.165, 1.54) is 24.8 Å². The summed E-state index contributed by atoms with van der Waals surface area (Å²) in [5.41, 5.74) is 3.06. The summed E-state index contributed by atoms with van der Waals surface area (Å²) < 4.78 is 0. The number of hydrogen-bond donors (Lipinski definition) is 1. The molecule has 3 atom stereocenters. The van der Waals surface area contributed by atoms with Gasteiger partial charge in [-0.15, -0.1) is 0 Å². The Morgan fingerprint density at radius 2 is 2.15 bits per heavy atom. The minimum atomic E-state index is 0.0269. The first-order valence-electron chi connectivity index (χ1n) is 7.67. The molecular weight excluding hydrogens is 248 g/mol. The molecule has 0 spiro atoms. The number of hydrogen-bond acceptors (Lipinski definition) is 2. The number of carbonyl (C=O) groups is 1. The van der Waals surface area contributed by atoms with Gasteiger partial charge in [0.1, 0.15) is 0 Å². The number of fused-ring (bicyclic) bond motifs is 1. The topological polar surface area (TPSA) is 32.3 Å². The van der Waals surface area contributed by atoms with E-state index in [2.05, 4.69) is 29.6 Å². The average molecular weight is 272 g/mol. The fourth-order valence-electron chi connectivity index (χ4n) is 3.69. The molecule has 1 heterocycles. The second kappa shape index (κ2) is 5.57. The molecule has 1 aliphatic carbocycles. The van der Waals surface area contributed by atoms with Gasteiger partial charge in [0.25, 0.3) is 0 Å². The number of carbonyl (C=O) groups excluding carboxylic acids is 1. The van der Waals surface area contributed by atoms with Crippen molar-refractivity contribution in [3.05, 3.63) is 35.4 Å². The van der Waals surface area contributed by atoms with Crippen LogP contribution < -0.4 is 5.32 Å². The van der Waals surface area contributed by atoms with Gasteiger partial charge in [0.2, 0.25) is 5.91 Å². The maximum Gasteiger partial charge on any atom is 0.239 e. The molecule has 3 unspecified atom stereocenters. The maximum absolute atomic E-state index is 12.1. The number of amides is 1. The lowest BCUT2D eigenvalue weighted by atomic mass is 9.71. The Labute approximate surface area is 121 Å². The van der Waals surface area contributed by atoms with E-state index in [1.807, 2.05) is 14.1 Å². The highest BCUT2D eigenvalue weighted by molar-refractivity contribution is 5.81. The van der Waals surface area contributed by atoms with Gasteiger partial charge in [-0.25, -0.2) is 0 Å². The Hall–Kier alpha value is -1.35. The van der Waals surface area contributed by atoms with Gasteiger partial charge in [0, 0.05) is 14.1 Å². The Morgan fingerprint density at radius 3 is 2.90 bits per heavy atom. The molecule has 0 bridgehead atoms. The van der Waals surface area contributed by atoms with Crippen LogP contribution in [0.4, 0.5) is 0 Å². The molecule has 3 nitrogen and oxygen atoms in total. The van der Waals surface area contributed by atoms with Crippen LogP contribution in [0.3, 0.4) is 0 Å². The lowest BCUT2D eigenvalue weighted by molar-refractivity contribution is -0.131. The van der Waals surface area contributed by atoms with Crippen molar-refractivity contribution in [3.63, 3.8) is 0 Å². The Kier molecular flexibility index (Phi) is 3.79. The van der Waals surface area contributed by atoms with Crippen molar-refractivity contribution < 1.29 is 4.79 Å². The first kappa shape index (κ1) is 13.6. The second-order valence-electron chi connectivity index (χ2n) is 6.47. The third kappa shape index (κ3) is 2.59. The molecule has 0 aromatic heterocycles. The summed E-state index contributed by atoms with van der Waals surface area (Å²) in [4.78, 5) is 13.8. The quantitative estimate of drug-likeness (QED) is 0.914. The molecule has 3 rings (SSSR count). The van der Waals surface area contributed by atoms with E-state index in [-0.39, 0.29) is 11.9 Å². The highest BCUT2D eigenvalue weighted by Gasteiger charge is 2.32. The summed E-state index contributed by atoms with van der Waals surface area (Å²) in [5, 5.41) is 3.37. The van der Waals surface area contributed by atoms with Crippen molar-refractivity contribution in [2.75, 3.05) is 20.6 Å². The van der Waals surface area contributed by atoms with E-state index in [0.717, 1.165) is 18.9 Å². The van der Waals surface area contributed by atoms with Crippen LogP contribution in [-0.2, 0) is 11.2 Å². The normalized spacial score (nSPS) is 28.4. The van der Waals surface area contributed by atoms with Gasteiger partial charge in [0.15, 0.2) is 0 Å². The average Bonchev–Trinajstić information content (AvgIpc) is 2.44. The van der Waals surface area contributed by atoms with Gasteiger partial charge in [-0.2, -0.15) is 0 Å². The zero-order valence-electron chi connectivity index (χ0n) is 12.4. The fraction of sp³-hybridized carbons (Fsp3) is 0.588. The molecule has 0 saturated carbocycles. The van der Waals surface area contributed by atoms with Crippen LogP contribution in [0.1, 0.15) is 36.3 Å². The van der Waals surface area contributed by atoms with Crippen molar-refractivity contribution in [2.24, 2.45) is 5.92 Å². The van der Waals surface area contributed by atoms with Crippen molar-refractivity contribution >= 4 is 5.91 Å². The van der Waals surface area contributed by atoms with Gasteiger partial charge in [-0.3, -0.25) is 4.79 Å². The molecule has 1 aromatic carbocycles. The highest BCUT2D eigenvalue weighted by atomic mass is 16.2. The van der Waals surface area contributed by atoms with Crippen LogP contribution in [0.25, 0.3) is 0 Å². The number of likely N-dealkylation sites (N-methyl/N-ethyl adjacent to an activating group) is 1. The zero-order chi connectivity index (χ0) is 14.1. The number of piperidine rings is 1. The first-order valence-corrected chi connectivity index (χ1v) is 7.67. The summed E-state index contributed by atoms with van der Waals surface area (Å²) in [7, 11) is 3.69. The van der Waals surface area contributed by atoms with Crippen LogP contribution in [-0.4, -0.2) is 37.5 Å². The standard InChI is InChI=1S/C17H24N2O/c1-19(2)17(20)16-10-12(7-8-18-16)9-14-11-13-5-3-4-6-15(13)14/h3-6,12,14,16,18H,7-11H2,1-2H3. The van der Waals surface area contributed by atoms with Gasteiger partial charge >= 0.3 is 0 Å². The van der Waals surface area contributed by atoms with Gasteiger partial charge < -0.3 is 10.2 Å². The van der Waals surface area contributed by atoms with E-state index in [4.69, 9.17) is 0 Å². The number of nitrogens with one attached hydrogen (secondary N) is 1. The van der Waals surface area contributed by atoms with Gasteiger partial charge in [-0.05, 0) is 55.2 Å². The lowest BCUT2D eigenvalue weighted by Crippen LogP contribution is -2.48. The number of nitrogens with zero attached hydrogens (tertiary/aromatic N) is 1. The van der Waals surface area contributed by atoms with Crippen molar-refractivity contribution in [2.45, 2.75) is 37.6 Å². The van der Waals surface area contributed by atoms with E-state index in [0.29, 0.717) is 5.92 Å². The second-order valence-corrected chi connectivity index (χ2v) is 6.47. The summed E-state index contributed by atoms with van der Waals surface area (Å²) in [6.07, 6.45) is 4.67. The molecule has 3 heteroatoms. The molecule has 0 radical (unpaired) electrons. The summed E-state index contributed by atoms with van der Waals surface area (Å²) >= 11 is 0. The van der Waals surface area contributed by atoms with Crippen LogP contribution in [0.5, 0.6) is 0 Å². The van der Waals surface area contributed by atoms with E-state index >= 15 is 0 Å². The monoisotopic (exact) mass is 272 g/mol. The molecule has 1 aliphatic heterocycles. The number of benzene rings is 1. The van der Waals surface area contributed by atoms with E-state index < -0.39 is 0 Å².